The molecular formula is C33H22N4. The van der Waals surface area contributed by atoms with Crippen LogP contribution in [0.5, 0.6) is 0 Å². The van der Waals surface area contributed by atoms with E-state index in [1.165, 1.54) is 11.1 Å². The summed E-state index contributed by atoms with van der Waals surface area (Å²) in [5, 5.41) is 6.07. The lowest BCUT2D eigenvalue weighted by Crippen LogP contribution is -1.97. The van der Waals surface area contributed by atoms with Crippen molar-refractivity contribution in [2.24, 2.45) is 0 Å². The van der Waals surface area contributed by atoms with Crippen molar-refractivity contribution < 1.29 is 0 Å². The lowest BCUT2D eigenvalue weighted by Gasteiger charge is -2.09. The van der Waals surface area contributed by atoms with E-state index in [4.69, 9.17) is 15.1 Å². The summed E-state index contributed by atoms with van der Waals surface area (Å²) in [5.41, 5.74) is 9.00. The molecule has 0 saturated carbocycles. The third-order valence-corrected chi connectivity index (χ3v) is 6.65. The second-order valence-electron chi connectivity index (χ2n) is 9.03. The maximum atomic E-state index is 4.99. The Balaban J connectivity index is 1.38. The summed E-state index contributed by atoms with van der Waals surface area (Å²) < 4.78 is 1.97. The lowest BCUT2D eigenvalue weighted by molar-refractivity contribution is 0.995. The molecule has 0 fully saturated rings. The fourth-order valence-electron chi connectivity index (χ4n) is 4.74. The molecule has 0 radical (unpaired) electrons. The van der Waals surface area contributed by atoms with E-state index in [1.54, 1.807) is 0 Å². The van der Waals surface area contributed by atoms with Crippen molar-refractivity contribution in [2.75, 3.05) is 0 Å². The highest BCUT2D eigenvalue weighted by Crippen LogP contribution is 2.30. The van der Waals surface area contributed by atoms with Gasteiger partial charge in [0.1, 0.15) is 5.69 Å². The van der Waals surface area contributed by atoms with Gasteiger partial charge in [0, 0.05) is 16.5 Å². The van der Waals surface area contributed by atoms with Gasteiger partial charge in [0.15, 0.2) is 5.82 Å². The summed E-state index contributed by atoms with van der Waals surface area (Å²) in [6.07, 6.45) is 0. The van der Waals surface area contributed by atoms with E-state index in [0.717, 1.165) is 44.6 Å². The Bertz CT molecular complexity index is 1850. The summed E-state index contributed by atoms with van der Waals surface area (Å²) in [6.45, 7) is 0. The van der Waals surface area contributed by atoms with Crippen molar-refractivity contribution in [1.82, 2.24) is 19.6 Å². The molecule has 0 spiro atoms. The Kier molecular flexibility index (Phi) is 5.07. The number of hydrogen-bond acceptors (Lipinski definition) is 3. The summed E-state index contributed by atoms with van der Waals surface area (Å²) in [7, 11) is 0. The van der Waals surface area contributed by atoms with E-state index in [1.807, 2.05) is 40.9 Å². The SMILES string of the molecule is c1ccc(-c2ccc(-c3cc(-c4ccccc4)nc(-c4cc5ccc6ccccc6n5n4)n3)cc2)cc1. The predicted octanol–water partition coefficient (Wildman–Crippen LogP) is 7.95. The molecule has 37 heavy (non-hydrogen) atoms. The lowest BCUT2D eigenvalue weighted by atomic mass is 10.0. The van der Waals surface area contributed by atoms with Gasteiger partial charge in [-0.05, 0) is 35.4 Å². The molecule has 4 heteroatoms. The molecule has 174 valence electrons. The van der Waals surface area contributed by atoms with Gasteiger partial charge in [-0.1, -0.05) is 109 Å². The molecule has 0 saturated heterocycles. The van der Waals surface area contributed by atoms with Crippen molar-refractivity contribution in [3.63, 3.8) is 0 Å². The van der Waals surface area contributed by atoms with E-state index >= 15 is 0 Å². The van der Waals surface area contributed by atoms with Gasteiger partial charge >= 0.3 is 0 Å². The monoisotopic (exact) mass is 474 g/mol. The molecule has 4 nitrogen and oxygen atoms in total. The van der Waals surface area contributed by atoms with Crippen LogP contribution < -0.4 is 0 Å². The minimum atomic E-state index is 0.608. The fraction of sp³-hybridized carbons (Fsp3) is 0. The third kappa shape index (κ3) is 3.95. The van der Waals surface area contributed by atoms with Crippen LogP contribution in [0.3, 0.4) is 0 Å². The average Bonchev–Trinajstić information content (AvgIpc) is 3.43. The number of rotatable bonds is 4. The fourth-order valence-corrected chi connectivity index (χ4v) is 4.74. The first-order valence-electron chi connectivity index (χ1n) is 12.3. The highest BCUT2D eigenvalue weighted by Gasteiger charge is 2.14. The number of pyridine rings is 1. The number of para-hydroxylation sites is 1. The zero-order valence-corrected chi connectivity index (χ0v) is 20.0. The quantitative estimate of drug-likeness (QED) is 0.260. The van der Waals surface area contributed by atoms with Crippen LogP contribution in [0, 0.1) is 0 Å². The Labute approximate surface area is 214 Å². The average molecular weight is 475 g/mol. The summed E-state index contributed by atoms with van der Waals surface area (Å²) in [5.74, 6) is 0.608. The predicted molar refractivity (Wildman–Crippen MR) is 150 cm³/mol. The van der Waals surface area contributed by atoms with Crippen LogP contribution in [0.4, 0.5) is 0 Å². The van der Waals surface area contributed by atoms with E-state index in [9.17, 15) is 0 Å². The first-order chi connectivity index (χ1) is 18.3. The highest BCUT2D eigenvalue weighted by molar-refractivity contribution is 5.83. The number of aromatic nitrogens is 4. The van der Waals surface area contributed by atoms with Crippen LogP contribution >= 0.6 is 0 Å². The standard InChI is InChI=1S/C33H22N4/c1-3-9-23(10-4-1)24-15-17-26(18-16-24)30-22-29(25-11-5-2-6-12-25)34-33(35-30)31-21-28-20-19-27-13-7-8-14-32(27)37(28)36-31/h1-22H. The molecule has 7 aromatic rings. The van der Waals surface area contributed by atoms with Crippen molar-refractivity contribution in [2.45, 2.75) is 0 Å². The van der Waals surface area contributed by atoms with Crippen LogP contribution in [-0.2, 0) is 0 Å². The smallest absolute Gasteiger partial charge is 0.181 e. The molecule has 0 aliphatic carbocycles. The van der Waals surface area contributed by atoms with Crippen molar-refractivity contribution >= 4 is 16.4 Å². The Hall–Kier alpha value is -5.09. The normalized spacial score (nSPS) is 11.2. The van der Waals surface area contributed by atoms with Gasteiger partial charge in [0.25, 0.3) is 0 Å². The highest BCUT2D eigenvalue weighted by atomic mass is 15.2. The molecule has 0 bridgehead atoms. The minimum Gasteiger partial charge on any atom is -0.232 e. The molecule has 0 unspecified atom stereocenters. The number of hydrogen-bond donors (Lipinski definition) is 0. The molecule has 3 aromatic heterocycles. The van der Waals surface area contributed by atoms with Gasteiger partial charge < -0.3 is 0 Å². The van der Waals surface area contributed by atoms with Gasteiger partial charge in [-0.3, -0.25) is 0 Å². The second-order valence-corrected chi connectivity index (χ2v) is 9.03. The first-order valence-corrected chi connectivity index (χ1v) is 12.3. The molecular weight excluding hydrogens is 452 g/mol. The Morgan fingerprint density at radius 2 is 1.00 bits per heavy atom. The maximum absolute atomic E-state index is 4.99. The topological polar surface area (TPSA) is 43.1 Å². The molecule has 7 rings (SSSR count). The van der Waals surface area contributed by atoms with Gasteiger partial charge in [-0.15, -0.1) is 0 Å². The summed E-state index contributed by atoms with van der Waals surface area (Å²) in [4.78, 5) is 9.94. The van der Waals surface area contributed by atoms with E-state index in [0.29, 0.717) is 5.82 Å². The zero-order chi connectivity index (χ0) is 24.6. The van der Waals surface area contributed by atoms with Crippen LogP contribution in [-0.4, -0.2) is 19.6 Å². The first kappa shape index (κ1) is 21.2. The van der Waals surface area contributed by atoms with Crippen molar-refractivity contribution in [1.29, 1.82) is 0 Å². The van der Waals surface area contributed by atoms with Crippen LogP contribution in [0.15, 0.2) is 133 Å². The molecule has 4 aromatic carbocycles. The van der Waals surface area contributed by atoms with Crippen molar-refractivity contribution in [3.8, 4) is 45.2 Å². The van der Waals surface area contributed by atoms with E-state index in [-0.39, 0.29) is 0 Å². The van der Waals surface area contributed by atoms with Gasteiger partial charge in [0.05, 0.1) is 22.4 Å². The zero-order valence-electron chi connectivity index (χ0n) is 20.0. The second kappa shape index (κ2) is 8.85. The van der Waals surface area contributed by atoms with Crippen LogP contribution in [0.25, 0.3) is 61.6 Å². The van der Waals surface area contributed by atoms with Crippen LogP contribution in [0.1, 0.15) is 0 Å². The van der Waals surface area contributed by atoms with Gasteiger partial charge in [-0.25, -0.2) is 14.5 Å². The Morgan fingerprint density at radius 3 is 1.73 bits per heavy atom. The maximum Gasteiger partial charge on any atom is 0.181 e. The van der Waals surface area contributed by atoms with Gasteiger partial charge in [0.2, 0.25) is 0 Å². The van der Waals surface area contributed by atoms with Crippen molar-refractivity contribution in [3.05, 3.63) is 133 Å². The molecule has 0 N–H and O–H groups in total. The van der Waals surface area contributed by atoms with E-state index in [2.05, 4.69) is 97.1 Å². The largest absolute Gasteiger partial charge is 0.232 e. The third-order valence-electron chi connectivity index (χ3n) is 6.65. The molecule has 0 aliphatic heterocycles. The summed E-state index contributed by atoms with van der Waals surface area (Å²) >= 11 is 0. The van der Waals surface area contributed by atoms with Gasteiger partial charge in [-0.2, -0.15) is 5.10 Å². The number of fused-ring (bicyclic) bond motifs is 3. The molecule has 0 amide bonds. The minimum absolute atomic E-state index is 0.608. The van der Waals surface area contributed by atoms with Crippen LogP contribution in [0.2, 0.25) is 0 Å². The summed E-state index contributed by atoms with van der Waals surface area (Å²) in [6, 6.07) is 45.7. The number of nitrogens with zero attached hydrogens (tertiary/aromatic N) is 4. The Morgan fingerprint density at radius 1 is 0.432 bits per heavy atom. The van der Waals surface area contributed by atoms with E-state index < -0.39 is 0 Å². The molecule has 0 aliphatic rings. The molecule has 0 atom stereocenters. The number of benzene rings is 4. The molecule has 3 heterocycles.